The Morgan fingerprint density at radius 1 is 1.06 bits per heavy atom. The monoisotopic (exact) mass is 261 g/mol. The highest BCUT2D eigenvalue weighted by Crippen LogP contribution is 2.20. The molecule has 2 rings (SSSR count). The van der Waals surface area contributed by atoms with E-state index in [1.54, 1.807) is 18.2 Å². The maximum atomic E-state index is 12.3. The molecule has 2 aromatic carbocycles. The van der Waals surface area contributed by atoms with Crippen LogP contribution in [0.25, 0.3) is 0 Å². The Morgan fingerprint density at radius 3 is 2.44 bits per heavy atom. The average molecular weight is 261 g/mol. The molecule has 0 amide bonds. The largest absolute Gasteiger partial charge is 0.399 e. The van der Waals surface area contributed by atoms with Crippen molar-refractivity contribution in [1.29, 1.82) is 0 Å². The van der Waals surface area contributed by atoms with Crippen molar-refractivity contribution in [3.63, 3.8) is 0 Å². The summed E-state index contributed by atoms with van der Waals surface area (Å²) in [7, 11) is -3.34. The predicted octanol–water partition coefficient (Wildman–Crippen LogP) is 2.55. The lowest BCUT2D eigenvalue weighted by Gasteiger charge is -2.07. The van der Waals surface area contributed by atoms with Gasteiger partial charge < -0.3 is 5.73 Å². The fourth-order valence-corrected chi connectivity index (χ4v) is 3.27. The first-order valence-electron chi connectivity index (χ1n) is 5.62. The van der Waals surface area contributed by atoms with E-state index >= 15 is 0 Å². The first-order chi connectivity index (χ1) is 8.49. The third-order valence-electron chi connectivity index (χ3n) is 2.82. The van der Waals surface area contributed by atoms with Gasteiger partial charge in [0.1, 0.15) is 0 Å². The number of nitrogen functional groups attached to an aromatic ring is 1. The summed E-state index contributed by atoms with van der Waals surface area (Å²) < 4.78 is 24.5. The SMILES string of the molecule is Cc1ccccc1CS(=O)(=O)c1cccc(N)c1. The molecule has 2 N–H and O–H groups in total. The Morgan fingerprint density at radius 2 is 1.78 bits per heavy atom. The van der Waals surface area contributed by atoms with Crippen molar-refractivity contribution in [3.8, 4) is 0 Å². The molecule has 0 aliphatic rings. The highest BCUT2D eigenvalue weighted by atomic mass is 32.2. The number of hydrogen-bond donors (Lipinski definition) is 1. The van der Waals surface area contributed by atoms with Gasteiger partial charge in [-0.2, -0.15) is 0 Å². The van der Waals surface area contributed by atoms with Crippen LogP contribution >= 0.6 is 0 Å². The maximum Gasteiger partial charge on any atom is 0.182 e. The fraction of sp³-hybridized carbons (Fsp3) is 0.143. The number of hydrogen-bond acceptors (Lipinski definition) is 3. The first kappa shape index (κ1) is 12.6. The second kappa shape index (κ2) is 4.82. The van der Waals surface area contributed by atoms with Gasteiger partial charge in [-0.15, -0.1) is 0 Å². The van der Waals surface area contributed by atoms with Gasteiger partial charge in [0.25, 0.3) is 0 Å². The van der Waals surface area contributed by atoms with Gasteiger partial charge in [-0.25, -0.2) is 8.42 Å². The summed E-state index contributed by atoms with van der Waals surface area (Å²) in [5, 5.41) is 0. The number of sulfone groups is 1. The Balaban J connectivity index is 2.37. The molecule has 0 radical (unpaired) electrons. The van der Waals surface area contributed by atoms with E-state index in [1.165, 1.54) is 6.07 Å². The van der Waals surface area contributed by atoms with Crippen molar-refractivity contribution in [3.05, 3.63) is 59.7 Å². The molecule has 0 saturated heterocycles. The van der Waals surface area contributed by atoms with E-state index < -0.39 is 9.84 Å². The quantitative estimate of drug-likeness (QED) is 0.864. The molecule has 4 heteroatoms. The molecular weight excluding hydrogens is 246 g/mol. The first-order valence-corrected chi connectivity index (χ1v) is 7.27. The van der Waals surface area contributed by atoms with Crippen molar-refractivity contribution in [2.24, 2.45) is 0 Å². The van der Waals surface area contributed by atoms with Crippen molar-refractivity contribution >= 4 is 15.5 Å². The van der Waals surface area contributed by atoms with Crippen LogP contribution in [0.15, 0.2) is 53.4 Å². The normalized spacial score (nSPS) is 11.4. The van der Waals surface area contributed by atoms with Crippen molar-refractivity contribution in [2.75, 3.05) is 5.73 Å². The van der Waals surface area contributed by atoms with E-state index in [0.29, 0.717) is 5.69 Å². The van der Waals surface area contributed by atoms with Crippen molar-refractivity contribution in [2.45, 2.75) is 17.6 Å². The van der Waals surface area contributed by atoms with E-state index in [0.717, 1.165) is 11.1 Å². The van der Waals surface area contributed by atoms with Gasteiger partial charge in [-0.3, -0.25) is 0 Å². The summed E-state index contributed by atoms with van der Waals surface area (Å²) in [5.74, 6) is 0.00310. The number of benzene rings is 2. The number of rotatable bonds is 3. The molecule has 0 heterocycles. The highest BCUT2D eigenvalue weighted by molar-refractivity contribution is 7.90. The molecule has 0 fully saturated rings. The highest BCUT2D eigenvalue weighted by Gasteiger charge is 2.16. The second-order valence-electron chi connectivity index (χ2n) is 4.26. The molecule has 0 spiro atoms. The van der Waals surface area contributed by atoms with Crippen LogP contribution in [0.2, 0.25) is 0 Å². The minimum atomic E-state index is -3.34. The fourth-order valence-electron chi connectivity index (χ4n) is 1.77. The van der Waals surface area contributed by atoms with E-state index in [-0.39, 0.29) is 10.6 Å². The maximum absolute atomic E-state index is 12.3. The summed E-state index contributed by atoms with van der Waals surface area (Å²) in [6.07, 6.45) is 0. The van der Waals surface area contributed by atoms with Gasteiger partial charge in [0.05, 0.1) is 10.6 Å². The van der Waals surface area contributed by atoms with Gasteiger partial charge in [0.15, 0.2) is 9.84 Å². The number of nitrogens with two attached hydrogens (primary N) is 1. The van der Waals surface area contributed by atoms with Crippen LogP contribution in [0.1, 0.15) is 11.1 Å². The lowest BCUT2D eigenvalue weighted by molar-refractivity contribution is 0.595. The lowest BCUT2D eigenvalue weighted by Crippen LogP contribution is -2.06. The van der Waals surface area contributed by atoms with Crippen LogP contribution in [0, 0.1) is 6.92 Å². The Bertz CT molecular complexity index is 663. The van der Waals surface area contributed by atoms with E-state index in [4.69, 9.17) is 5.73 Å². The molecular formula is C14H15NO2S. The minimum Gasteiger partial charge on any atom is -0.399 e. The van der Waals surface area contributed by atoms with Gasteiger partial charge in [-0.05, 0) is 36.2 Å². The third kappa shape index (κ3) is 2.71. The van der Waals surface area contributed by atoms with Crippen LogP contribution in [0.3, 0.4) is 0 Å². The van der Waals surface area contributed by atoms with Gasteiger partial charge >= 0.3 is 0 Å². The molecule has 0 atom stereocenters. The predicted molar refractivity (Wildman–Crippen MR) is 72.9 cm³/mol. The van der Waals surface area contributed by atoms with Gasteiger partial charge in [-0.1, -0.05) is 30.3 Å². The molecule has 0 bridgehead atoms. The zero-order valence-corrected chi connectivity index (χ0v) is 10.9. The minimum absolute atomic E-state index is 0.00310. The summed E-state index contributed by atoms with van der Waals surface area (Å²) in [5.41, 5.74) is 7.87. The van der Waals surface area contributed by atoms with E-state index in [9.17, 15) is 8.42 Å². The van der Waals surface area contributed by atoms with Crippen LogP contribution < -0.4 is 5.73 Å². The van der Waals surface area contributed by atoms with Gasteiger partial charge in [0, 0.05) is 5.69 Å². The Labute approximate surface area is 107 Å². The molecule has 0 unspecified atom stereocenters. The van der Waals surface area contributed by atoms with Crippen molar-refractivity contribution < 1.29 is 8.42 Å². The average Bonchev–Trinajstić information content (AvgIpc) is 2.32. The molecule has 0 aliphatic carbocycles. The molecule has 0 saturated carbocycles. The van der Waals surface area contributed by atoms with Gasteiger partial charge in [0.2, 0.25) is 0 Å². The Kier molecular flexibility index (Phi) is 3.39. The zero-order valence-electron chi connectivity index (χ0n) is 10.1. The molecule has 0 aromatic heterocycles. The number of anilines is 1. The van der Waals surface area contributed by atoms with E-state index in [2.05, 4.69) is 0 Å². The summed E-state index contributed by atoms with van der Waals surface area (Å²) in [6, 6.07) is 13.9. The summed E-state index contributed by atoms with van der Waals surface area (Å²) in [6.45, 7) is 1.91. The summed E-state index contributed by atoms with van der Waals surface area (Å²) in [4.78, 5) is 0.269. The molecule has 18 heavy (non-hydrogen) atoms. The zero-order chi connectivity index (χ0) is 13.2. The third-order valence-corrected chi connectivity index (χ3v) is 4.49. The smallest absolute Gasteiger partial charge is 0.182 e. The second-order valence-corrected chi connectivity index (χ2v) is 6.25. The van der Waals surface area contributed by atoms with Crippen molar-refractivity contribution in [1.82, 2.24) is 0 Å². The molecule has 2 aromatic rings. The standard InChI is InChI=1S/C14H15NO2S/c1-11-5-2-3-6-12(11)10-18(16,17)14-8-4-7-13(15)9-14/h2-9H,10,15H2,1H3. The topological polar surface area (TPSA) is 60.2 Å². The van der Waals surface area contributed by atoms with Crippen LogP contribution in [-0.4, -0.2) is 8.42 Å². The summed E-state index contributed by atoms with van der Waals surface area (Å²) >= 11 is 0. The molecule has 0 aliphatic heterocycles. The van der Waals surface area contributed by atoms with E-state index in [1.807, 2.05) is 31.2 Å². The lowest BCUT2D eigenvalue weighted by atomic mass is 10.1. The number of aryl methyl sites for hydroxylation is 1. The Hall–Kier alpha value is -1.81. The van der Waals surface area contributed by atoms with Crippen LogP contribution in [-0.2, 0) is 15.6 Å². The van der Waals surface area contributed by atoms with Crippen LogP contribution in [0.4, 0.5) is 5.69 Å². The van der Waals surface area contributed by atoms with Crippen LogP contribution in [0.5, 0.6) is 0 Å². The molecule has 3 nitrogen and oxygen atoms in total. The molecule has 94 valence electrons.